The van der Waals surface area contributed by atoms with Gasteiger partial charge in [-0.05, 0) is 57.9 Å². The second-order valence-electron chi connectivity index (χ2n) is 8.48. The summed E-state index contributed by atoms with van der Waals surface area (Å²) in [5, 5.41) is 1.46. The van der Waals surface area contributed by atoms with Gasteiger partial charge in [-0.2, -0.15) is 0 Å². The van der Waals surface area contributed by atoms with E-state index in [-0.39, 0.29) is 22.8 Å². The molecule has 0 aromatic carbocycles. The lowest BCUT2D eigenvalue weighted by atomic mass is 10.2. The molecule has 2 aromatic heterocycles. The number of amides is 2. The van der Waals surface area contributed by atoms with Crippen molar-refractivity contribution in [2.75, 3.05) is 23.8 Å². The number of sulfone groups is 1. The molecule has 32 heavy (non-hydrogen) atoms. The van der Waals surface area contributed by atoms with E-state index in [2.05, 4.69) is 15.3 Å². The monoisotopic (exact) mass is 460 g/mol. The van der Waals surface area contributed by atoms with Gasteiger partial charge in [0.1, 0.15) is 17.3 Å². The molecule has 10 heteroatoms. The predicted molar refractivity (Wildman–Crippen MR) is 120 cm³/mol. The van der Waals surface area contributed by atoms with Crippen LogP contribution in [0.3, 0.4) is 0 Å². The van der Waals surface area contributed by atoms with Crippen molar-refractivity contribution in [3.63, 3.8) is 0 Å². The van der Waals surface area contributed by atoms with Gasteiger partial charge in [-0.25, -0.2) is 18.4 Å². The molecule has 3 heterocycles. The number of nitrogens with zero attached hydrogens (tertiary/aromatic N) is 3. The zero-order valence-corrected chi connectivity index (χ0v) is 19.3. The third-order valence-corrected chi connectivity index (χ3v) is 6.49. The molecule has 1 fully saturated rings. The van der Waals surface area contributed by atoms with Crippen LogP contribution in [0, 0.1) is 0 Å². The fourth-order valence-corrected chi connectivity index (χ4v) is 4.97. The number of carbonyl (C=O) groups excluding carboxylic acids is 2. The summed E-state index contributed by atoms with van der Waals surface area (Å²) in [4.78, 5) is 34.5. The maximum atomic E-state index is 12.7. The van der Waals surface area contributed by atoms with Crippen molar-refractivity contribution >= 4 is 27.5 Å². The Morgan fingerprint density at radius 1 is 1.19 bits per heavy atom. The Balaban J connectivity index is 1.70. The number of anilines is 1. The number of nitrogens with one attached hydrogen (secondary N) is 1. The van der Waals surface area contributed by atoms with Gasteiger partial charge in [0, 0.05) is 19.3 Å². The Labute approximate surface area is 188 Å². The van der Waals surface area contributed by atoms with E-state index in [0.29, 0.717) is 13.2 Å². The number of unbranched alkanes of at least 4 members (excludes halogenated alkanes) is 1. The summed E-state index contributed by atoms with van der Waals surface area (Å²) >= 11 is 0. The predicted octanol–water partition coefficient (Wildman–Crippen LogP) is 2.26. The number of rotatable bonds is 8. The number of carbonyl (C=O) groups is 2. The van der Waals surface area contributed by atoms with E-state index in [0.717, 1.165) is 17.7 Å². The van der Waals surface area contributed by atoms with Gasteiger partial charge < -0.3 is 10.1 Å². The van der Waals surface area contributed by atoms with E-state index in [1.54, 1.807) is 24.3 Å². The van der Waals surface area contributed by atoms with Crippen LogP contribution >= 0.6 is 0 Å². The smallest absolute Gasteiger partial charge is 0.269 e. The van der Waals surface area contributed by atoms with Gasteiger partial charge in [-0.1, -0.05) is 12.1 Å². The van der Waals surface area contributed by atoms with Crippen molar-refractivity contribution in [3.8, 4) is 0 Å². The summed E-state index contributed by atoms with van der Waals surface area (Å²) in [7, 11) is -3.84. The molecule has 0 bridgehead atoms. The fraction of sp³-hybridized carbons (Fsp3) is 0.455. The molecule has 0 radical (unpaired) electrons. The molecule has 1 aliphatic rings. The Morgan fingerprint density at radius 3 is 2.66 bits per heavy atom. The van der Waals surface area contributed by atoms with Crippen LogP contribution in [-0.4, -0.2) is 54.7 Å². The van der Waals surface area contributed by atoms with Crippen LogP contribution in [0.4, 0.5) is 5.82 Å². The molecular weight excluding hydrogens is 432 g/mol. The highest BCUT2D eigenvalue weighted by atomic mass is 32.2. The zero-order chi connectivity index (χ0) is 23.4. The Bertz CT molecular complexity index is 1070. The van der Waals surface area contributed by atoms with Crippen LogP contribution in [0.25, 0.3) is 0 Å². The summed E-state index contributed by atoms with van der Waals surface area (Å²) in [6.45, 7) is 7.00. The Kier molecular flexibility index (Phi) is 7.25. The first-order chi connectivity index (χ1) is 15.1. The molecule has 9 nitrogen and oxygen atoms in total. The number of ether oxygens (including phenoxy) is 1. The van der Waals surface area contributed by atoms with Crippen LogP contribution < -0.4 is 10.2 Å². The third-order valence-electron chi connectivity index (χ3n) is 4.71. The molecule has 172 valence electrons. The molecule has 1 aliphatic heterocycles. The lowest BCUT2D eigenvalue weighted by Crippen LogP contribution is -2.31. The average Bonchev–Trinajstić information content (AvgIpc) is 2.98. The maximum absolute atomic E-state index is 12.7. The van der Waals surface area contributed by atoms with E-state index >= 15 is 0 Å². The van der Waals surface area contributed by atoms with Gasteiger partial charge >= 0.3 is 0 Å². The molecule has 3 rings (SSSR count). The van der Waals surface area contributed by atoms with E-state index in [9.17, 15) is 18.0 Å². The quantitative estimate of drug-likeness (QED) is 0.600. The second kappa shape index (κ2) is 9.74. The van der Waals surface area contributed by atoms with E-state index in [1.807, 2.05) is 20.8 Å². The lowest BCUT2D eigenvalue weighted by Gasteiger charge is -2.22. The second-order valence-corrected chi connectivity index (χ2v) is 10.5. The minimum Gasteiger partial charge on any atom is -0.376 e. The van der Waals surface area contributed by atoms with E-state index in [1.165, 1.54) is 18.3 Å². The highest BCUT2D eigenvalue weighted by molar-refractivity contribution is 7.93. The fourth-order valence-electron chi connectivity index (χ4n) is 3.29. The van der Waals surface area contributed by atoms with Gasteiger partial charge in [0.15, 0.2) is 15.2 Å². The maximum Gasteiger partial charge on any atom is 0.269 e. The zero-order valence-electron chi connectivity index (χ0n) is 18.4. The molecule has 0 spiro atoms. The van der Waals surface area contributed by atoms with Gasteiger partial charge in [0.05, 0.1) is 11.3 Å². The molecule has 1 unspecified atom stereocenters. The lowest BCUT2D eigenvalue weighted by molar-refractivity contribution is -0.115. The largest absolute Gasteiger partial charge is 0.376 e. The SMILES string of the molecule is CC(C)(C)OCCCCNC(=O)c1cccc(C2N(c3ccccn3)C(=O)CS2(=O)=O)n1. The molecular formula is C22H28N4O5S. The third kappa shape index (κ3) is 5.89. The topological polar surface area (TPSA) is 119 Å². The molecule has 2 amide bonds. The van der Waals surface area contributed by atoms with Crippen LogP contribution in [0.15, 0.2) is 42.6 Å². The number of hydrogen-bond donors (Lipinski definition) is 1. The first-order valence-corrected chi connectivity index (χ1v) is 12.1. The highest BCUT2D eigenvalue weighted by Crippen LogP contribution is 2.35. The van der Waals surface area contributed by atoms with Crippen molar-refractivity contribution in [1.82, 2.24) is 15.3 Å². The van der Waals surface area contributed by atoms with Crippen molar-refractivity contribution in [2.45, 2.75) is 44.6 Å². The Hall–Kier alpha value is -2.85. The molecule has 1 atom stereocenters. The summed E-state index contributed by atoms with van der Waals surface area (Å²) in [6.07, 6.45) is 3.02. The molecule has 2 aromatic rings. The van der Waals surface area contributed by atoms with Gasteiger partial charge in [0.2, 0.25) is 5.91 Å². The Morgan fingerprint density at radius 2 is 1.97 bits per heavy atom. The highest BCUT2D eigenvalue weighted by Gasteiger charge is 2.47. The summed E-state index contributed by atoms with van der Waals surface area (Å²) < 4.78 is 31.1. The average molecular weight is 461 g/mol. The van der Waals surface area contributed by atoms with Crippen molar-refractivity contribution in [1.29, 1.82) is 0 Å². The molecule has 0 saturated carbocycles. The van der Waals surface area contributed by atoms with Crippen LogP contribution in [0.2, 0.25) is 0 Å². The van der Waals surface area contributed by atoms with Gasteiger partial charge in [0.25, 0.3) is 5.91 Å². The number of pyridine rings is 2. The van der Waals surface area contributed by atoms with Crippen LogP contribution in [0.1, 0.15) is 55.2 Å². The number of aromatic nitrogens is 2. The van der Waals surface area contributed by atoms with E-state index in [4.69, 9.17) is 4.74 Å². The first-order valence-electron chi connectivity index (χ1n) is 10.4. The first kappa shape index (κ1) is 23.8. The van der Waals surface area contributed by atoms with Gasteiger partial charge in [-0.3, -0.25) is 14.5 Å². The molecule has 1 N–H and O–H groups in total. The van der Waals surface area contributed by atoms with Crippen LogP contribution in [-0.2, 0) is 19.4 Å². The minimum atomic E-state index is -3.84. The van der Waals surface area contributed by atoms with Crippen LogP contribution in [0.5, 0.6) is 0 Å². The normalized spacial score (nSPS) is 18.0. The minimum absolute atomic E-state index is 0.0870. The van der Waals surface area contributed by atoms with E-state index < -0.39 is 32.8 Å². The summed E-state index contributed by atoms with van der Waals surface area (Å²) in [5.41, 5.74) is -0.00433. The molecule has 1 saturated heterocycles. The van der Waals surface area contributed by atoms with Gasteiger partial charge in [-0.15, -0.1) is 0 Å². The van der Waals surface area contributed by atoms with Crippen molar-refractivity contribution in [3.05, 3.63) is 54.0 Å². The summed E-state index contributed by atoms with van der Waals surface area (Å²) in [5.74, 6) is -1.40. The molecule has 0 aliphatic carbocycles. The summed E-state index contributed by atoms with van der Waals surface area (Å²) in [6, 6.07) is 9.47. The standard InChI is InChI=1S/C22H28N4O5S/c1-22(2,3)31-14-7-6-13-24-20(28)16-9-8-10-17(25-16)21-26(18-11-4-5-12-23-18)19(27)15-32(21,29)30/h4-5,8-12,21H,6-7,13-15H2,1-3H3,(H,24,28). The van der Waals surface area contributed by atoms with Crippen molar-refractivity contribution in [2.24, 2.45) is 0 Å². The number of hydrogen-bond acceptors (Lipinski definition) is 7. The van der Waals surface area contributed by atoms with Crippen molar-refractivity contribution < 1.29 is 22.7 Å².